The second-order valence-corrected chi connectivity index (χ2v) is 6.27. The first-order valence-electron chi connectivity index (χ1n) is 7.12. The van der Waals surface area contributed by atoms with Crippen molar-refractivity contribution < 1.29 is 14.7 Å². The molecule has 19 heavy (non-hydrogen) atoms. The summed E-state index contributed by atoms with van der Waals surface area (Å²) in [5.41, 5.74) is 0. The van der Waals surface area contributed by atoms with Crippen molar-refractivity contribution in [2.75, 3.05) is 26.7 Å². The number of carboxylic acid groups (broad SMARTS) is 1. The van der Waals surface area contributed by atoms with Crippen molar-refractivity contribution in [1.29, 1.82) is 0 Å². The Morgan fingerprint density at radius 1 is 1.11 bits per heavy atom. The summed E-state index contributed by atoms with van der Waals surface area (Å²) >= 11 is 0. The minimum atomic E-state index is -0.815. The molecule has 108 valence electrons. The van der Waals surface area contributed by atoms with Gasteiger partial charge in [0, 0.05) is 25.7 Å². The Kier molecular flexibility index (Phi) is 4.13. The maximum absolute atomic E-state index is 12.6. The fraction of sp³-hybridized carbons (Fsp3) is 0.857. The minimum absolute atomic E-state index is 0.0531. The summed E-state index contributed by atoms with van der Waals surface area (Å²) in [6.45, 7) is 6.54. The van der Waals surface area contributed by atoms with Gasteiger partial charge >= 0.3 is 5.97 Å². The molecule has 2 unspecified atom stereocenters. The SMILES string of the molecule is CC1C[C@H](C(=O)N2CCN(C)CC2C)[C@H](C(=O)O)C1. The molecular weight excluding hydrogens is 244 g/mol. The van der Waals surface area contributed by atoms with Crippen LogP contribution >= 0.6 is 0 Å². The van der Waals surface area contributed by atoms with E-state index in [2.05, 4.69) is 11.9 Å². The molecule has 1 aliphatic heterocycles. The number of piperazine rings is 1. The van der Waals surface area contributed by atoms with E-state index in [4.69, 9.17) is 0 Å². The van der Waals surface area contributed by atoms with Crippen LogP contribution in [0.1, 0.15) is 26.7 Å². The van der Waals surface area contributed by atoms with Gasteiger partial charge in [0.25, 0.3) is 0 Å². The second-order valence-electron chi connectivity index (χ2n) is 6.27. The van der Waals surface area contributed by atoms with Crippen LogP contribution < -0.4 is 0 Å². The van der Waals surface area contributed by atoms with Gasteiger partial charge in [-0.2, -0.15) is 0 Å². The van der Waals surface area contributed by atoms with Crippen molar-refractivity contribution in [1.82, 2.24) is 9.80 Å². The number of carbonyl (C=O) groups is 2. The summed E-state index contributed by atoms with van der Waals surface area (Å²) in [7, 11) is 2.05. The van der Waals surface area contributed by atoms with Crippen LogP contribution in [0.5, 0.6) is 0 Å². The maximum Gasteiger partial charge on any atom is 0.307 e. The van der Waals surface area contributed by atoms with Crippen LogP contribution in [0, 0.1) is 17.8 Å². The van der Waals surface area contributed by atoms with Gasteiger partial charge in [0.05, 0.1) is 11.8 Å². The van der Waals surface area contributed by atoms with Gasteiger partial charge in [0.15, 0.2) is 0 Å². The van der Waals surface area contributed by atoms with Crippen LogP contribution in [-0.2, 0) is 9.59 Å². The van der Waals surface area contributed by atoms with Crippen LogP contribution in [0.2, 0.25) is 0 Å². The van der Waals surface area contributed by atoms with E-state index in [0.29, 0.717) is 18.9 Å². The van der Waals surface area contributed by atoms with E-state index in [-0.39, 0.29) is 17.9 Å². The van der Waals surface area contributed by atoms with Gasteiger partial charge in [-0.3, -0.25) is 9.59 Å². The lowest BCUT2D eigenvalue weighted by Crippen LogP contribution is -2.54. The number of nitrogens with zero attached hydrogens (tertiary/aromatic N) is 2. The van der Waals surface area contributed by atoms with Crippen LogP contribution in [0.25, 0.3) is 0 Å². The van der Waals surface area contributed by atoms with E-state index in [1.165, 1.54) is 0 Å². The van der Waals surface area contributed by atoms with E-state index in [1.54, 1.807) is 0 Å². The predicted octanol–water partition coefficient (Wildman–Crippen LogP) is 0.896. The Labute approximate surface area is 114 Å². The zero-order valence-corrected chi connectivity index (χ0v) is 12.0. The lowest BCUT2D eigenvalue weighted by Gasteiger charge is -2.40. The molecule has 1 saturated carbocycles. The lowest BCUT2D eigenvalue weighted by molar-refractivity contribution is -0.151. The number of aliphatic carboxylic acids is 1. The Morgan fingerprint density at radius 2 is 1.74 bits per heavy atom. The highest BCUT2D eigenvalue weighted by Crippen LogP contribution is 2.38. The minimum Gasteiger partial charge on any atom is -0.481 e. The number of hydrogen-bond donors (Lipinski definition) is 1. The third-order valence-electron chi connectivity index (χ3n) is 4.55. The number of hydrogen-bond acceptors (Lipinski definition) is 3. The zero-order chi connectivity index (χ0) is 14.2. The second kappa shape index (κ2) is 5.49. The third kappa shape index (κ3) is 2.91. The molecule has 1 saturated heterocycles. The Hall–Kier alpha value is -1.10. The molecule has 0 aromatic heterocycles. The molecule has 1 aliphatic carbocycles. The van der Waals surface area contributed by atoms with Gasteiger partial charge in [-0.05, 0) is 32.7 Å². The lowest BCUT2D eigenvalue weighted by atomic mass is 9.94. The number of likely N-dealkylation sites (N-methyl/N-ethyl adjacent to an activating group) is 1. The van der Waals surface area contributed by atoms with Gasteiger partial charge < -0.3 is 14.9 Å². The van der Waals surface area contributed by atoms with Crippen LogP contribution in [0.3, 0.4) is 0 Å². The monoisotopic (exact) mass is 268 g/mol. The summed E-state index contributed by atoms with van der Waals surface area (Å²) < 4.78 is 0. The molecule has 0 radical (unpaired) electrons. The number of carboxylic acids is 1. The van der Waals surface area contributed by atoms with E-state index < -0.39 is 11.9 Å². The first kappa shape index (κ1) is 14.3. The molecule has 0 aromatic rings. The molecule has 2 aliphatic rings. The highest BCUT2D eigenvalue weighted by atomic mass is 16.4. The predicted molar refractivity (Wildman–Crippen MR) is 71.7 cm³/mol. The standard InChI is InChI=1S/C14H24N2O3/c1-9-6-11(12(7-9)14(18)19)13(17)16-5-4-15(3)8-10(16)2/h9-12H,4-8H2,1-3H3,(H,18,19)/t9?,10?,11-,12+/m0/s1. The van der Waals surface area contributed by atoms with Gasteiger partial charge in [0.2, 0.25) is 5.91 Å². The maximum atomic E-state index is 12.6. The molecule has 0 spiro atoms. The summed E-state index contributed by atoms with van der Waals surface area (Å²) in [6, 6.07) is 0.177. The molecule has 4 atom stereocenters. The highest BCUT2D eigenvalue weighted by Gasteiger charge is 2.44. The van der Waals surface area contributed by atoms with Crippen molar-refractivity contribution in [3.63, 3.8) is 0 Å². The first-order valence-corrected chi connectivity index (χ1v) is 7.12. The molecule has 5 heteroatoms. The fourth-order valence-corrected chi connectivity index (χ4v) is 3.52. The molecule has 2 rings (SSSR count). The van der Waals surface area contributed by atoms with Crippen molar-refractivity contribution in [3.05, 3.63) is 0 Å². The van der Waals surface area contributed by atoms with Crippen molar-refractivity contribution in [2.24, 2.45) is 17.8 Å². The number of rotatable bonds is 2. The molecule has 5 nitrogen and oxygen atoms in total. The van der Waals surface area contributed by atoms with E-state index in [0.717, 1.165) is 19.5 Å². The average molecular weight is 268 g/mol. The summed E-state index contributed by atoms with van der Waals surface area (Å²) in [5.74, 6) is -1.24. The first-order chi connectivity index (χ1) is 8.90. The van der Waals surface area contributed by atoms with Gasteiger partial charge in [-0.15, -0.1) is 0 Å². The highest BCUT2D eigenvalue weighted by molar-refractivity contribution is 5.85. The molecule has 1 N–H and O–H groups in total. The molecule has 0 bridgehead atoms. The molecule has 1 amide bonds. The van der Waals surface area contributed by atoms with Crippen molar-refractivity contribution in [2.45, 2.75) is 32.7 Å². The smallest absolute Gasteiger partial charge is 0.307 e. The Balaban J connectivity index is 2.08. The molecule has 1 heterocycles. The molecule has 0 aromatic carbocycles. The van der Waals surface area contributed by atoms with Gasteiger partial charge in [-0.1, -0.05) is 6.92 Å². The average Bonchev–Trinajstić information content (AvgIpc) is 2.70. The van der Waals surface area contributed by atoms with Crippen LogP contribution in [-0.4, -0.2) is 59.5 Å². The summed E-state index contributed by atoms with van der Waals surface area (Å²) in [4.78, 5) is 28.0. The van der Waals surface area contributed by atoms with E-state index in [9.17, 15) is 14.7 Å². The largest absolute Gasteiger partial charge is 0.481 e. The Bertz CT molecular complexity index is 372. The van der Waals surface area contributed by atoms with Crippen molar-refractivity contribution in [3.8, 4) is 0 Å². The van der Waals surface area contributed by atoms with Crippen LogP contribution in [0.15, 0.2) is 0 Å². The number of carbonyl (C=O) groups excluding carboxylic acids is 1. The van der Waals surface area contributed by atoms with Crippen molar-refractivity contribution >= 4 is 11.9 Å². The van der Waals surface area contributed by atoms with E-state index >= 15 is 0 Å². The fourth-order valence-electron chi connectivity index (χ4n) is 3.52. The summed E-state index contributed by atoms with van der Waals surface area (Å²) in [6.07, 6.45) is 1.35. The topological polar surface area (TPSA) is 60.9 Å². The number of amides is 1. The van der Waals surface area contributed by atoms with Crippen LogP contribution in [0.4, 0.5) is 0 Å². The van der Waals surface area contributed by atoms with Gasteiger partial charge in [0.1, 0.15) is 0 Å². The van der Waals surface area contributed by atoms with E-state index in [1.807, 2.05) is 18.7 Å². The quantitative estimate of drug-likeness (QED) is 0.808. The normalized spacial score (nSPS) is 36.5. The molecular formula is C14H24N2O3. The summed E-state index contributed by atoms with van der Waals surface area (Å²) in [5, 5.41) is 9.28. The molecule has 2 fully saturated rings. The zero-order valence-electron chi connectivity index (χ0n) is 12.0. The Morgan fingerprint density at radius 3 is 2.32 bits per heavy atom. The van der Waals surface area contributed by atoms with Gasteiger partial charge in [-0.25, -0.2) is 0 Å². The third-order valence-corrected chi connectivity index (χ3v) is 4.55.